The van der Waals surface area contributed by atoms with E-state index in [2.05, 4.69) is 6.58 Å². The summed E-state index contributed by atoms with van der Waals surface area (Å²) in [4.78, 5) is 37.5. The Bertz CT molecular complexity index is 799. The Hall–Kier alpha value is -2.45. The molecule has 2 aliphatic rings. The Kier molecular flexibility index (Phi) is 7.83. The van der Waals surface area contributed by atoms with Crippen molar-refractivity contribution < 1.29 is 38.8 Å². The molecule has 2 rings (SSSR count). The summed E-state index contributed by atoms with van der Waals surface area (Å²) in [5, 5.41) is 20.1. The number of ether oxygens (including phenoxy) is 3. The highest BCUT2D eigenvalue weighted by molar-refractivity contribution is 5.91. The Morgan fingerprint density at radius 3 is 2.52 bits per heavy atom. The maximum Gasteiger partial charge on any atom is 0.338 e. The monoisotopic (exact) mass is 436 g/mol. The molecular weight excluding hydrogens is 404 g/mol. The van der Waals surface area contributed by atoms with Gasteiger partial charge in [-0.05, 0) is 45.3 Å². The van der Waals surface area contributed by atoms with E-state index < -0.39 is 60.3 Å². The number of hydrogen-bond donors (Lipinski definition) is 2. The van der Waals surface area contributed by atoms with Gasteiger partial charge in [0.25, 0.3) is 0 Å². The van der Waals surface area contributed by atoms with E-state index in [1.54, 1.807) is 26.0 Å². The molecule has 1 heterocycles. The van der Waals surface area contributed by atoms with Crippen LogP contribution in [0, 0.1) is 11.8 Å². The van der Waals surface area contributed by atoms with Crippen molar-refractivity contribution in [2.75, 3.05) is 6.61 Å². The number of carbonyl (C=O) groups excluding carboxylic acids is 3. The van der Waals surface area contributed by atoms with Crippen LogP contribution >= 0.6 is 0 Å². The van der Waals surface area contributed by atoms with Crippen LogP contribution in [0.25, 0.3) is 0 Å². The molecule has 1 aliphatic carbocycles. The lowest BCUT2D eigenvalue weighted by Gasteiger charge is -2.35. The van der Waals surface area contributed by atoms with Crippen molar-refractivity contribution in [3.63, 3.8) is 0 Å². The molecular formula is C23H32O8. The molecule has 4 atom stereocenters. The van der Waals surface area contributed by atoms with Gasteiger partial charge in [0.1, 0.15) is 6.10 Å². The highest BCUT2D eigenvalue weighted by atomic mass is 16.6. The van der Waals surface area contributed by atoms with Crippen molar-refractivity contribution in [3.8, 4) is 0 Å². The fraction of sp³-hybridized carbons (Fsp3) is 0.609. The molecule has 0 amide bonds. The van der Waals surface area contributed by atoms with Crippen LogP contribution < -0.4 is 0 Å². The number of aliphatic hydroxyl groups excluding tert-OH is 1. The number of carbonyl (C=O) groups is 3. The first-order valence-corrected chi connectivity index (χ1v) is 10.4. The van der Waals surface area contributed by atoms with Crippen LogP contribution in [0.2, 0.25) is 0 Å². The molecule has 31 heavy (non-hydrogen) atoms. The highest BCUT2D eigenvalue weighted by Gasteiger charge is 2.50. The predicted molar refractivity (Wildman–Crippen MR) is 112 cm³/mol. The smallest absolute Gasteiger partial charge is 0.338 e. The van der Waals surface area contributed by atoms with Crippen molar-refractivity contribution in [2.45, 2.75) is 71.4 Å². The Balaban J connectivity index is 2.64. The van der Waals surface area contributed by atoms with Crippen LogP contribution in [-0.4, -0.2) is 58.6 Å². The van der Waals surface area contributed by atoms with Crippen molar-refractivity contribution in [1.82, 2.24) is 0 Å². The Labute approximate surface area is 182 Å². The van der Waals surface area contributed by atoms with Gasteiger partial charge in [0, 0.05) is 5.57 Å². The van der Waals surface area contributed by atoms with Crippen molar-refractivity contribution in [2.24, 2.45) is 11.8 Å². The van der Waals surface area contributed by atoms with E-state index in [-0.39, 0.29) is 5.57 Å². The molecule has 0 radical (unpaired) electrons. The number of fused-ring (bicyclic) bond motifs is 1. The lowest BCUT2D eigenvalue weighted by atomic mass is 9.83. The van der Waals surface area contributed by atoms with Gasteiger partial charge >= 0.3 is 17.9 Å². The molecule has 0 saturated carbocycles. The predicted octanol–water partition coefficient (Wildman–Crippen LogP) is 1.99. The third-order valence-corrected chi connectivity index (χ3v) is 5.31. The van der Waals surface area contributed by atoms with Gasteiger partial charge in [0.05, 0.1) is 18.4 Å². The van der Waals surface area contributed by atoms with Gasteiger partial charge in [-0.2, -0.15) is 0 Å². The van der Waals surface area contributed by atoms with Gasteiger partial charge in [-0.15, -0.1) is 0 Å². The summed E-state index contributed by atoms with van der Waals surface area (Å²) in [5.74, 6) is -3.50. The first-order chi connectivity index (χ1) is 14.4. The van der Waals surface area contributed by atoms with Gasteiger partial charge < -0.3 is 24.4 Å². The number of esters is 3. The molecule has 0 aromatic rings. The molecule has 0 unspecified atom stereocenters. The summed E-state index contributed by atoms with van der Waals surface area (Å²) in [6, 6.07) is 0. The zero-order valence-corrected chi connectivity index (χ0v) is 18.7. The van der Waals surface area contributed by atoms with Crippen LogP contribution in [-0.2, 0) is 28.6 Å². The van der Waals surface area contributed by atoms with Crippen LogP contribution in [0.15, 0.2) is 35.5 Å². The van der Waals surface area contributed by atoms with Crippen LogP contribution in [0.1, 0.15) is 47.5 Å². The maximum atomic E-state index is 12.6. The Morgan fingerprint density at radius 2 is 1.97 bits per heavy atom. The summed E-state index contributed by atoms with van der Waals surface area (Å²) >= 11 is 0. The van der Waals surface area contributed by atoms with E-state index in [4.69, 9.17) is 14.2 Å². The minimum absolute atomic E-state index is 0.0813. The number of allylic oxidation sites excluding steroid dienone is 2. The van der Waals surface area contributed by atoms with E-state index in [9.17, 15) is 24.6 Å². The van der Waals surface area contributed by atoms with E-state index in [1.807, 2.05) is 6.92 Å². The SMILES string of the molecule is C=C1C(=O)O[C@@H]2/C=C(\C)CCC=C(CO)[C@H](OC(=O)C(C)(C)O)[C@@H](OC(=O)C(C)C)[C@H]12. The second kappa shape index (κ2) is 9.78. The fourth-order valence-electron chi connectivity index (χ4n) is 3.46. The molecule has 8 heteroatoms. The minimum Gasteiger partial charge on any atom is -0.457 e. The minimum atomic E-state index is -1.82. The number of rotatable bonds is 5. The summed E-state index contributed by atoms with van der Waals surface area (Å²) in [6.07, 6.45) is 1.44. The zero-order valence-electron chi connectivity index (χ0n) is 18.7. The van der Waals surface area contributed by atoms with Crippen LogP contribution in [0.3, 0.4) is 0 Å². The molecule has 0 aromatic heterocycles. The highest BCUT2D eigenvalue weighted by Crippen LogP contribution is 2.38. The summed E-state index contributed by atoms with van der Waals surface area (Å²) in [7, 11) is 0. The standard InChI is InChI=1S/C23H32O8/c1-12(2)20(25)30-19-17-14(4)21(26)29-16(17)10-13(3)8-7-9-15(11-24)18(19)31-22(27)23(5,6)28/h9-10,12,16-19,24,28H,4,7-8,11H2,1-3,5-6H3/b13-10+,15-9?/t16-,17-,18+,19+/m1/s1. The first-order valence-electron chi connectivity index (χ1n) is 10.4. The number of hydrogen-bond acceptors (Lipinski definition) is 8. The van der Waals surface area contributed by atoms with E-state index in [1.165, 1.54) is 13.8 Å². The van der Waals surface area contributed by atoms with Gasteiger partial charge in [0.15, 0.2) is 17.8 Å². The average Bonchev–Trinajstić information content (AvgIpc) is 2.93. The quantitative estimate of drug-likeness (QED) is 0.291. The average molecular weight is 437 g/mol. The lowest BCUT2D eigenvalue weighted by Crippen LogP contribution is -2.48. The molecule has 0 aromatic carbocycles. The van der Waals surface area contributed by atoms with E-state index in [0.717, 1.165) is 5.57 Å². The molecule has 1 saturated heterocycles. The zero-order chi connectivity index (χ0) is 23.5. The second-order valence-electron chi connectivity index (χ2n) is 8.85. The molecule has 1 aliphatic heterocycles. The van der Waals surface area contributed by atoms with Gasteiger partial charge in [-0.25, -0.2) is 9.59 Å². The summed E-state index contributed by atoms with van der Waals surface area (Å²) in [5.41, 5.74) is -0.485. The second-order valence-corrected chi connectivity index (χ2v) is 8.85. The lowest BCUT2D eigenvalue weighted by molar-refractivity contribution is -0.182. The third kappa shape index (κ3) is 5.83. The van der Waals surface area contributed by atoms with Crippen molar-refractivity contribution in [1.29, 1.82) is 0 Å². The molecule has 1 fully saturated rings. The Morgan fingerprint density at radius 1 is 1.32 bits per heavy atom. The molecule has 2 N–H and O–H groups in total. The summed E-state index contributed by atoms with van der Waals surface area (Å²) < 4.78 is 16.8. The van der Waals surface area contributed by atoms with Gasteiger partial charge in [-0.1, -0.05) is 32.1 Å². The van der Waals surface area contributed by atoms with E-state index >= 15 is 0 Å². The maximum absolute atomic E-state index is 12.6. The van der Waals surface area contributed by atoms with Crippen molar-refractivity contribution >= 4 is 17.9 Å². The topological polar surface area (TPSA) is 119 Å². The largest absolute Gasteiger partial charge is 0.457 e. The molecule has 172 valence electrons. The van der Waals surface area contributed by atoms with E-state index in [0.29, 0.717) is 18.4 Å². The van der Waals surface area contributed by atoms with Crippen LogP contribution in [0.5, 0.6) is 0 Å². The number of aliphatic hydroxyl groups is 2. The molecule has 8 nitrogen and oxygen atoms in total. The van der Waals surface area contributed by atoms with Crippen LogP contribution in [0.4, 0.5) is 0 Å². The van der Waals surface area contributed by atoms with Gasteiger partial charge in [-0.3, -0.25) is 4.79 Å². The first kappa shape index (κ1) is 24.8. The molecule has 0 spiro atoms. The fourth-order valence-corrected chi connectivity index (χ4v) is 3.46. The third-order valence-electron chi connectivity index (χ3n) is 5.31. The van der Waals surface area contributed by atoms with Crippen molar-refractivity contribution in [3.05, 3.63) is 35.5 Å². The normalized spacial score (nSPS) is 28.8. The van der Waals surface area contributed by atoms with Gasteiger partial charge in [0.2, 0.25) is 0 Å². The summed E-state index contributed by atoms with van der Waals surface area (Å²) in [6.45, 7) is 11.1. The molecule has 0 bridgehead atoms.